The number of hydrogen-bond donors (Lipinski definition) is 1. The number of ether oxygens (including phenoxy) is 2. The van der Waals surface area contributed by atoms with E-state index in [4.69, 9.17) is 9.47 Å². The minimum Gasteiger partial charge on any atom is -0.496 e. The van der Waals surface area contributed by atoms with Gasteiger partial charge in [0.05, 0.1) is 7.11 Å². The third-order valence-electron chi connectivity index (χ3n) is 3.59. The minimum absolute atomic E-state index is 0.102. The van der Waals surface area contributed by atoms with Gasteiger partial charge >= 0.3 is 0 Å². The molecule has 0 aliphatic heterocycles. The van der Waals surface area contributed by atoms with E-state index in [1.807, 2.05) is 24.3 Å². The molecule has 0 radical (unpaired) electrons. The van der Waals surface area contributed by atoms with Crippen molar-refractivity contribution in [3.8, 4) is 5.75 Å². The van der Waals surface area contributed by atoms with Crippen molar-refractivity contribution < 1.29 is 14.3 Å². The molecule has 2 aromatic rings. The molecule has 0 saturated heterocycles. The molecule has 0 bridgehead atoms. The molecule has 1 aromatic heterocycles. The first-order chi connectivity index (χ1) is 11.1. The van der Waals surface area contributed by atoms with Gasteiger partial charge in [-0.25, -0.2) is 0 Å². The summed E-state index contributed by atoms with van der Waals surface area (Å²) < 4.78 is 12.1. The number of carbonyl (C=O) groups is 1. The van der Waals surface area contributed by atoms with E-state index in [2.05, 4.69) is 5.32 Å². The highest BCUT2D eigenvalue weighted by Crippen LogP contribution is 2.26. The Morgan fingerprint density at radius 3 is 2.65 bits per heavy atom. The molecule has 1 N–H and O–H groups in total. The molecule has 1 heterocycles. The summed E-state index contributed by atoms with van der Waals surface area (Å²) in [5, 5.41) is 2.73. The molecule has 2 rings (SSSR count). The number of pyridine rings is 1. The quantitative estimate of drug-likeness (QED) is 0.877. The van der Waals surface area contributed by atoms with Gasteiger partial charge in [-0.3, -0.25) is 9.59 Å². The van der Waals surface area contributed by atoms with E-state index < -0.39 is 5.91 Å². The lowest BCUT2D eigenvalue weighted by atomic mass is 10.1. The summed E-state index contributed by atoms with van der Waals surface area (Å²) in [4.78, 5) is 24.2. The van der Waals surface area contributed by atoms with E-state index in [9.17, 15) is 9.59 Å². The molecule has 0 fully saturated rings. The van der Waals surface area contributed by atoms with E-state index in [1.54, 1.807) is 33.5 Å². The van der Waals surface area contributed by atoms with Gasteiger partial charge in [-0.2, -0.15) is 0 Å². The Labute approximate surface area is 134 Å². The van der Waals surface area contributed by atoms with Gasteiger partial charge in [-0.15, -0.1) is 0 Å². The van der Waals surface area contributed by atoms with Gasteiger partial charge in [0.25, 0.3) is 11.5 Å². The number of aromatic nitrogens is 1. The Bertz CT molecular complexity index is 739. The maximum absolute atomic E-state index is 12.2. The maximum Gasteiger partial charge on any atom is 0.263 e. The number of nitrogens with one attached hydrogen (secondary N) is 1. The van der Waals surface area contributed by atoms with Crippen molar-refractivity contribution in [2.45, 2.75) is 6.10 Å². The monoisotopic (exact) mass is 316 g/mol. The standard InChI is InChI=1S/C17H20N2O4/c1-19-10-6-8-13(17(19)21)16(20)18-11-15(23-3)12-7-4-5-9-14(12)22-2/h4-10,15H,11H2,1-3H3,(H,18,20)/t15-/m0/s1. The predicted octanol–water partition coefficient (Wildman–Crippen LogP) is 1.51. The van der Waals surface area contributed by atoms with Gasteiger partial charge in [-0.1, -0.05) is 18.2 Å². The molecule has 0 aliphatic carbocycles. The number of benzene rings is 1. The summed E-state index contributed by atoms with van der Waals surface area (Å²) in [5.41, 5.74) is 0.597. The van der Waals surface area contributed by atoms with E-state index in [-0.39, 0.29) is 23.8 Å². The minimum atomic E-state index is -0.428. The molecule has 0 spiro atoms. The summed E-state index contributed by atoms with van der Waals surface area (Å²) in [7, 11) is 4.74. The van der Waals surface area contributed by atoms with Crippen LogP contribution in [0.15, 0.2) is 47.4 Å². The van der Waals surface area contributed by atoms with Gasteiger partial charge in [0, 0.05) is 32.5 Å². The zero-order valence-corrected chi connectivity index (χ0v) is 13.4. The van der Waals surface area contributed by atoms with Gasteiger partial charge in [-0.05, 0) is 18.2 Å². The highest BCUT2D eigenvalue weighted by Gasteiger charge is 2.18. The Morgan fingerprint density at radius 1 is 1.22 bits per heavy atom. The highest BCUT2D eigenvalue weighted by molar-refractivity contribution is 5.93. The molecule has 23 heavy (non-hydrogen) atoms. The number of carbonyl (C=O) groups excluding carboxylic acids is 1. The van der Waals surface area contributed by atoms with Crippen LogP contribution >= 0.6 is 0 Å². The Hall–Kier alpha value is -2.60. The SMILES string of the molecule is COc1ccccc1[C@H](CNC(=O)c1cccn(C)c1=O)OC. The van der Waals surface area contributed by atoms with Crippen LogP contribution in [0.4, 0.5) is 0 Å². The van der Waals surface area contributed by atoms with Crippen LogP contribution in [0, 0.1) is 0 Å². The number of hydrogen-bond acceptors (Lipinski definition) is 4. The fraction of sp³-hybridized carbons (Fsp3) is 0.294. The first-order valence-corrected chi connectivity index (χ1v) is 7.18. The van der Waals surface area contributed by atoms with E-state index in [1.165, 1.54) is 10.6 Å². The molecule has 6 heteroatoms. The first-order valence-electron chi connectivity index (χ1n) is 7.18. The topological polar surface area (TPSA) is 69.6 Å². The second kappa shape index (κ2) is 7.60. The second-order valence-electron chi connectivity index (χ2n) is 5.01. The predicted molar refractivity (Wildman–Crippen MR) is 86.8 cm³/mol. The molecule has 0 saturated carbocycles. The first kappa shape index (κ1) is 16.8. The van der Waals surface area contributed by atoms with Crippen molar-refractivity contribution in [1.82, 2.24) is 9.88 Å². The number of amides is 1. The fourth-order valence-electron chi connectivity index (χ4n) is 2.30. The molecule has 1 aromatic carbocycles. The van der Waals surface area contributed by atoms with Crippen LogP contribution in [0.1, 0.15) is 22.0 Å². The van der Waals surface area contributed by atoms with E-state index in [0.717, 1.165) is 5.56 Å². The third-order valence-corrected chi connectivity index (χ3v) is 3.59. The normalized spacial score (nSPS) is 11.8. The summed E-state index contributed by atoms with van der Waals surface area (Å²) >= 11 is 0. The molecule has 0 aliphatic rings. The molecule has 1 amide bonds. The van der Waals surface area contributed by atoms with Crippen LogP contribution in [0.3, 0.4) is 0 Å². The number of methoxy groups -OCH3 is 2. The molecular weight excluding hydrogens is 296 g/mol. The van der Waals surface area contributed by atoms with Crippen molar-refractivity contribution in [3.05, 3.63) is 64.1 Å². The summed E-state index contributed by atoms with van der Waals surface area (Å²) in [6.45, 7) is 0.230. The average molecular weight is 316 g/mol. The van der Waals surface area contributed by atoms with Crippen molar-refractivity contribution in [3.63, 3.8) is 0 Å². The van der Waals surface area contributed by atoms with Crippen molar-refractivity contribution in [2.75, 3.05) is 20.8 Å². The lowest BCUT2D eigenvalue weighted by molar-refractivity contribution is 0.0817. The zero-order chi connectivity index (χ0) is 16.8. The average Bonchev–Trinajstić information content (AvgIpc) is 2.58. The zero-order valence-electron chi connectivity index (χ0n) is 13.4. The number of aryl methyl sites for hydroxylation is 1. The summed E-state index contributed by atoms with van der Waals surface area (Å²) in [6.07, 6.45) is 1.23. The fourth-order valence-corrected chi connectivity index (χ4v) is 2.30. The lowest BCUT2D eigenvalue weighted by Crippen LogP contribution is -2.34. The van der Waals surface area contributed by atoms with Crippen LogP contribution in [-0.2, 0) is 11.8 Å². The summed E-state index contributed by atoms with van der Waals surface area (Å²) in [6, 6.07) is 10.6. The third kappa shape index (κ3) is 3.78. The van der Waals surface area contributed by atoms with Gasteiger partial charge in [0.2, 0.25) is 0 Å². The molecule has 1 atom stereocenters. The molecule has 6 nitrogen and oxygen atoms in total. The molecular formula is C17H20N2O4. The van der Waals surface area contributed by atoms with Crippen LogP contribution in [0.25, 0.3) is 0 Å². The van der Waals surface area contributed by atoms with Gasteiger partial charge < -0.3 is 19.4 Å². The van der Waals surface area contributed by atoms with E-state index in [0.29, 0.717) is 5.75 Å². The lowest BCUT2D eigenvalue weighted by Gasteiger charge is -2.19. The highest BCUT2D eigenvalue weighted by atomic mass is 16.5. The van der Waals surface area contributed by atoms with Crippen molar-refractivity contribution in [2.24, 2.45) is 7.05 Å². The van der Waals surface area contributed by atoms with Crippen LogP contribution in [0.2, 0.25) is 0 Å². The maximum atomic E-state index is 12.2. The largest absolute Gasteiger partial charge is 0.496 e. The van der Waals surface area contributed by atoms with Crippen LogP contribution < -0.4 is 15.6 Å². The number of nitrogens with zero attached hydrogens (tertiary/aromatic N) is 1. The smallest absolute Gasteiger partial charge is 0.263 e. The Morgan fingerprint density at radius 2 is 1.96 bits per heavy atom. The van der Waals surface area contributed by atoms with E-state index >= 15 is 0 Å². The number of para-hydroxylation sites is 1. The van der Waals surface area contributed by atoms with Crippen LogP contribution in [0.5, 0.6) is 5.75 Å². The van der Waals surface area contributed by atoms with Gasteiger partial charge in [0.1, 0.15) is 17.4 Å². The van der Waals surface area contributed by atoms with Crippen molar-refractivity contribution >= 4 is 5.91 Å². The van der Waals surface area contributed by atoms with Crippen LogP contribution in [-0.4, -0.2) is 31.2 Å². The van der Waals surface area contributed by atoms with Gasteiger partial charge in [0.15, 0.2) is 0 Å². The Kier molecular flexibility index (Phi) is 5.54. The summed E-state index contributed by atoms with van der Waals surface area (Å²) in [5.74, 6) is 0.257. The Balaban J connectivity index is 2.13. The molecule has 122 valence electrons. The van der Waals surface area contributed by atoms with Crippen molar-refractivity contribution in [1.29, 1.82) is 0 Å². The second-order valence-corrected chi connectivity index (χ2v) is 5.01. The number of rotatable bonds is 6. The molecule has 0 unspecified atom stereocenters.